The van der Waals surface area contributed by atoms with Crippen LogP contribution >= 0.6 is 11.6 Å². The van der Waals surface area contributed by atoms with Crippen LogP contribution in [0.1, 0.15) is 47.2 Å². The Hall–Kier alpha value is -2.82. The van der Waals surface area contributed by atoms with Crippen molar-refractivity contribution >= 4 is 33.2 Å². The molecule has 1 saturated heterocycles. The molecule has 3 aromatic carbocycles. The number of sulfonamides is 1. The lowest BCUT2D eigenvalue weighted by Crippen LogP contribution is -2.66. The van der Waals surface area contributed by atoms with E-state index in [0.29, 0.717) is 16.3 Å². The lowest BCUT2D eigenvalue weighted by Gasteiger charge is -2.45. The molecule has 0 bridgehead atoms. The number of piperidine rings is 1. The maximum absolute atomic E-state index is 14.8. The van der Waals surface area contributed by atoms with Crippen LogP contribution in [0.25, 0.3) is 0 Å². The second-order valence-electron chi connectivity index (χ2n) is 11.4. The van der Waals surface area contributed by atoms with Crippen LogP contribution in [0.15, 0.2) is 71.6 Å². The summed E-state index contributed by atoms with van der Waals surface area (Å²) in [5.41, 5.74) is 8.66. The molecule has 1 aliphatic carbocycles. The maximum atomic E-state index is 14.8. The number of amides is 1. The van der Waals surface area contributed by atoms with Gasteiger partial charge in [-0.1, -0.05) is 29.8 Å². The lowest BCUT2D eigenvalue weighted by molar-refractivity contribution is 0.0950. The molecule has 1 amide bonds. The van der Waals surface area contributed by atoms with Crippen molar-refractivity contribution in [2.45, 2.75) is 48.6 Å². The molecule has 10 heteroatoms. The van der Waals surface area contributed by atoms with E-state index in [-0.39, 0.29) is 46.3 Å². The predicted octanol–water partition coefficient (Wildman–Crippen LogP) is 4.48. The van der Waals surface area contributed by atoms with Gasteiger partial charge in [0.2, 0.25) is 0 Å². The maximum Gasteiger partial charge on any atom is 0.332 e. The first-order valence-electron chi connectivity index (χ1n) is 14.2. The zero-order valence-electron chi connectivity index (χ0n) is 22.8. The molecule has 7 nitrogen and oxygen atoms in total. The number of hydrogen-bond donors (Lipinski definition) is 3. The Bertz CT molecular complexity index is 1570. The van der Waals surface area contributed by atoms with Gasteiger partial charge in [0.15, 0.2) is 5.69 Å². The third-order valence-electron chi connectivity index (χ3n) is 9.18. The Kier molecular flexibility index (Phi) is 7.45. The highest BCUT2D eigenvalue weighted by molar-refractivity contribution is 7.91. The fourth-order valence-electron chi connectivity index (χ4n) is 7.32. The average molecular weight is 598 g/mol. The number of halogens is 2. The van der Waals surface area contributed by atoms with Gasteiger partial charge in [-0.25, -0.2) is 4.39 Å². The first kappa shape index (κ1) is 28.3. The van der Waals surface area contributed by atoms with Gasteiger partial charge in [0.05, 0.1) is 5.41 Å². The lowest BCUT2D eigenvalue weighted by atomic mass is 9.68. The van der Waals surface area contributed by atoms with Crippen LogP contribution < -0.4 is 20.3 Å². The summed E-state index contributed by atoms with van der Waals surface area (Å²) in [6.07, 6.45) is 3.41. The minimum atomic E-state index is -4.05. The SMILES string of the molecule is NCC[N+]1(S(=O)(=O)c2ccc(F)cc2)c2ccc(C(=O)NCc3ccccc3Cl)cc2C2(CCNCC2)C1C1CC1. The van der Waals surface area contributed by atoms with Crippen molar-refractivity contribution in [1.29, 1.82) is 0 Å². The number of nitrogens with two attached hydrogens (primary N) is 1. The van der Waals surface area contributed by atoms with Gasteiger partial charge in [-0.05, 0) is 86.8 Å². The number of hydrogen-bond acceptors (Lipinski definition) is 5. The molecule has 2 aliphatic heterocycles. The van der Waals surface area contributed by atoms with Crippen LogP contribution in [0.4, 0.5) is 10.1 Å². The Morgan fingerprint density at radius 2 is 1.78 bits per heavy atom. The van der Waals surface area contributed by atoms with E-state index >= 15 is 0 Å². The van der Waals surface area contributed by atoms with Crippen molar-refractivity contribution in [3.8, 4) is 0 Å². The van der Waals surface area contributed by atoms with Crippen LogP contribution in [0.3, 0.4) is 0 Å². The van der Waals surface area contributed by atoms with Gasteiger partial charge >= 0.3 is 10.0 Å². The smallest absolute Gasteiger partial charge is 0.332 e. The van der Waals surface area contributed by atoms with Crippen molar-refractivity contribution in [1.82, 2.24) is 14.5 Å². The molecule has 2 unspecified atom stereocenters. The van der Waals surface area contributed by atoms with Gasteiger partial charge in [-0.3, -0.25) is 4.79 Å². The van der Waals surface area contributed by atoms with Gasteiger partial charge in [0.1, 0.15) is 23.3 Å². The monoisotopic (exact) mass is 597 g/mol. The first-order chi connectivity index (χ1) is 19.7. The van der Waals surface area contributed by atoms with Gasteiger partial charge < -0.3 is 16.4 Å². The second-order valence-corrected chi connectivity index (χ2v) is 13.9. The quantitative estimate of drug-likeness (QED) is 0.333. The molecule has 2 heterocycles. The number of nitrogens with one attached hydrogen (secondary N) is 2. The molecule has 2 atom stereocenters. The largest absolute Gasteiger partial charge is 0.348 e. The summed E-state index contributed by atoms with van der Waals surface area (Å²) in [6.45, 7) is 2.15. The normalized spacial score (nSPS) is 23.3. The van der Waals surface area contributed by atoms with Crippen molar-refractivity contribution in [2.24, 2.45) is 11.7 Å². The molecule has 3 aromatic rings. The molecular weight excluding hydrogens is 563 g/mol. The third-order valence-corrected chi connectivity index (χ3v) is 11.9. The standard InChI is InChI=1S/C31H34ClFN4O3S/c32-27-4-2-1-3-23(27)20-36-30(38)22-7-12-28-26(19-22)31(13-16-35-17-14-31)29(21-5-6-21)37(28,18-15-34)41(39,40)25-10-8-24(33)9-11-25/h1-4,7-12,19,21,29,35H,5-6,13-18,20,34H2/p+1. The number of quaternary nitrogens is 1. The molecule has 0 aromatic heterocycles. The number of nitrogens with zero attached hydrogens (tertiary/aromatic N) is 1. The highest BCUT2D eigenvalue weighted by atomic mass is 35.5. The van der Waals surface area contributed by atoms with Crippen LogP contribution in [0, 0.1) is 11.7 Å². The molecule has 41 heavy (non-hydrogen) atoms. The van der Waals surface area contributed by atoms with E-state index in [1.807, 2.05) is 30.3 Å². The minimum Gasteiger partial charge on any atom is -0.348 e. The summed E-state index contributed by atoms with van der Waals surface area (Å²) >= 11 is 6.30. The Morgan fingerprint density at radius 3 is 2.44 bits per heavy atom. The predicted molar refractivity (Wildman–Crippen MR) is 159 cm³/mol. The number of rotatable bonds is 8. The second kappa shape index (κ2) is 10.8. The number of fused-ring (bicyclic) bond motifs is 2. The van der Waals surface area contributed by atoms with E-state index < -0.39 is 21.3 Å². The average Bonchev–Trinajstić information content (AvgIpc) is 3.78. The van der Waals surface area contributed by atoms with Crippen LogP contribution in [-0.2, 0) is 22.0 Å². The molecule has 4 N–H and O–H groups in total. The summed E-state index contributed by atoms with van der Waals surface area (Å²) < 4.78 is 43.2. The Morgan fingerprint density at radius 1 is 1.07 bits per heavy atom. The van der Waals surface area contributed by atoms with Crippen molar-refractivity contribution < 1.29 is 17.6 Å². The van der Waals surface area contributed by atoms with Crippen LogP contribution in [0.5, 0.6) is 0 Å². The molecule has 2 fully saturated rings. The van der Waals surface area contributed by atoms with E-state index in [2.05, 4.69) is 10.6 Å². The van der Waals surface area contributed by atoms with Gasteiger partial charge in [-0.2, -0.15) is 12.3 Å². The first-order valence-corrected chi connectivity index (χ1v) is 16.0. The van der Waals surface area contributed by atoms with Crippen molar-refractivity contribution in [3.63, 3.8) is 0 Å². The highest BCUT2D eigenvalue weighted by Crippen LogP contribution is 2.62. The van der Waals surface area contributed by atoms with Gasteiger partial charge in [0, 0.05) is 41.2 Å². The Balaban J connectivity index is 1.49. The van der Waals surface area contributed by atoms with Gasteiger partial charge in [0.25, 0.3) is 5.91 Å². The molecule has 6 rings (SSSR count). The summed E-state index contributed by atoms with van der Waals surface area (Å²) in [6, 6.07) is 17.7. The molecule has 1 saturated carbocycles. The summed E-state index contributed by atoms with van der Waals surface area (Å²) in [7, 11) is -4.05. The molecule has 216 valence electrons. The number of benzene rings is 3. The van der Waals surface area contributed by atoms with E-state index in [1.54, 1.807) is 12.1 Å². The van der Waals surface area contributed by atoms with Gasteiger partial charge in [-0.15, -0.1) is 0 Å². The molecule has 1 spiro atoms. The third kappa shape index (κ3) is 4.58. The van der Waals surface area contributed by atoms with E-state index in [9.17, 15) is 17.6 Å². The highest BCUT2D eigenvalue weighted by Gasteiger charge is 2.70. The van der Waals surface area contributed by atoms with E-state index in [1.165, 1.54) is 24.3 Å². The fraction of sp³-hybridized carbons (Fsp3) is 0.387. The Labute approximate surface area is 245 Å². The molecule has 0 radical (unpaired) electrons. The van der Waals surface area contributed by atoms with Crippen molar-refractivity contribution in [2.75, 3.05) is 26.2 Å². The fourth-order valence-corrected chi connectivity index (χ4v) is 9.82. The summed E-state index contributed by atoms with van der Waals surface area (Å²) in [5, 5.41) is 7.01. The molecule has 3 aliphatic rings. The van der Waals surface area contributed by atoms with Crippen molar-refractivity contribution in [3.05, 3.63) is 94.3 Å². The number of carbonyl (C=O) groups excluding carboxylic acids is 1. The zero-order valence-corrected chi connectivity index (χ0v) is 24.4. The van der Waals surface area contributed by atoms with Crippen LogP contribution in [-0.4, -0.2) is 46.5 Å². The van der Waals surface area contributed by atoms with E-state index in [4.69, 9.17) is 17.3 Å². The summed E-state index contributed by atoms with van der Waals surface area (Å²) in [5.74, 6) is -0.526. The number of carbonyl (C=O) groups is 1. The topological polar surface area (TPSA) is 101 Å². The van der Waals surface area contributed by atoms with E-state index in [0.717, 1.165) is 49.9 Å². The summed E-state index contributed by atoms with van der Waals surface area (Å²) in [4.78, 5) is 13.5. The van der Waals surface area contributed by atoms with Crippen LogP contribution in [0.2, 0.25) is 5.02 Å². The minimum absolute atomic E-state index is 0.0801. The zero-order chi connectivity index (χ0) is 28.8. The molecular formula is C31H35ClFN4O3S+.